The number of para-hydroxylation sites is 1. The van der Waals surface area contributed by atoms with Crippen molar-refractivity contribution in [3.63, 3.8) is 0 Å². The maximum Gasteiger partial charge on any atom is 0.262 e. The van der Waals surface area contributed by atoms with E-state index in [1.165, 1.54) is 5.56 Å². The molecule has 0 radical (unpaired) electrons. The molecule has 1 atom stereocenters. The number of ether oxygens (including phenoxy) is 1. The van der Waals surface area contributed by atoms with Crippen LogP contribution in [0.2, 0.25) is 0 Å². The van der Waals surface area contributed by atoms with E-state index in [2.05, 4.69) is 40.4 Å². The third-order valence-electron chi connectivity index (χ3n) is 4.36. The van der Waals surface area contributed by atoms with Crippen molar-refractivity contribution >= 4 is 33.4 Å². The van der Waals surface area contributed by atoms with E-state index in [0.717, 1.165) is 10.9 Å². The van der Waals surface area contributed by atoms with Gasteiger partial charge < -0.3 is 15.4 Å². The van der Waals surface area contributed by atoms with Gasteiger partial charge in [0.05, 0.1) is 15.7 Å². The minimum atomic E-state index is -0.331. The molecule has 0 heterocycles. The number of anilines is 1. The fraction of sp³-hybridized carbons (Fsp3) is 0.364. The molecule has 5 nitrogen and oxygen atoms in total. The Hall–Kier alpha value is -2.34. The quantitative estimate of drug-likeness (QED) is 0.591. The summed E-state index contributed by atoms with van der Waals surface area (Å²) in [6, 6.07) is 12.8. The van der Waals surface area contributed by atoms with Crippen LogP contribution in [0.15, 0.2) is 46.9 Å². The van der Waals surface area contributed by atoms with Gasteiger partial charge in [-0.2, -0.15) is 0 Å². The summed E-state index contributed by atoms with van der Waals surface area (Å²) in [5.41, 5.74) is 2.10. The lowest BCUT2D eigenvalue weighted by molar-refractivity contribution is -0.118. The lowest BCUT2D eigenvalue weighted by Gasteiger charge is -2.14. The molecular formula is C22H27BrN2O3. The Balaban J connectivity index is 2.01. The Morgan fingerprint density at radius 1 is 1.11 bits per heavy atom. The zero-order valence-electron chi connectivity index (χ0n) is 16.7. The predicted octanol–water partition coefficient (Wildman–Crippen LogP) is 5.12. The number of halogens is 1. The first kappa shape index (κ1) is 22.0. The first-order chi connectivity index (χ1) is 13.3. The van der Waals surface area contributed by atoms with Gasteiger partial charge in [-0.15, -0.1) is 0 Å². The van der Waals surface area contributed by atoms with Crippen LogP contribution in [0.25, 0.3) is 0 Å². The molecule has 2 N–H and O–H groups in total. The van der Waals surface area contributed by atoms with Crippen LogP contribution in [0.3, 0.4) is 0 Å². The number of amides is 2. The van der Waals surface area contributed by atoms with Gasteiger partial charge >= 0.3 is 0 Å². The normalized spacial score (nSPS) is 11.8. The summed E-state index contributed by atoms with van der Waals surface area (Å²) in [6.45, 7) is 7.94. The number of hydrogen-bond donors (Lipinski definition) is 2. The molecule has 0 aliphatic carbocycles. The van der Waals surface area contributed by atoms with Gasteiger partial charge in [0.2, 0.25) is 0 Å². The second kappa shape index (κ2) is 10.3. The molecule has 2 aromatic carbocycles. The average Bonchev–Trinajstić information content (AvgIpc) is 2.66. The second-order valence-electron chi connectivity index (χ2n) is 7.01. The SMILES string of the molecule is CCC(C)c1ccc(OCC(=O)Nc2ccccc2C(=O)NC(C)C)c(Br)c1. The highest BCUT2D eigenvalue weighted by Gasteiger charge is 2.15. The highest BCUT2D eigenvalue weighted by Crippen LogP contribution is 2.30. The molecule has 0 fully saturated rings. The molecule has 0 aliphatic heterocycles. The summed E-state index contributed by atoms with van der Waals surface area (Å²) in [5, 5.41) is 5.58. The molecule has 0 saturated carbocycles. The fourth-order valence-electron chi connectivity index (χ4n) is 2.64. The van der Waals surface area contributed by atoms with Crippen molar-refractivity contribution in [2.24, 2.45) is 0 Å². The molecule has 150 valence electrons. The number of hydrogen-bond acceptors (Lipinski definition) is 3. The number of carbonyl (C=O) groups excluding carboxylic acids is 2. The lowest BCUT2D eigenvalue weighted by Crippen LogP contribution is -2.31. The van der Waals surface area contributed by atoms with Crippen LogP contribution in [-0.2, 0) is 4.79 Å². The number of rotatable bonds is 8. The van der Waals surface area contributed by atoms with Gasteiger partial charge in [0.15, 0.2) is 6.61 Å². The minimum absolute atomic E-state index is 0.00957. The van der Waals surface area contributed by atoms with Crippen molar-refractivity contribution in [3.05, 3.63) is 58.1 Å². The highest BCUT2D eigenvalue weighted by atomic mass is 79.9. The molecule has 2 rings (SSSR count). The van der Waals surface area contributed by atoms with Crippen molar-refractivity contribution in [3.8, 4) is 5.75 Å². The summed E-state index contributed by atoms with van der Waals surface area (Å²) in [6.07, 6.45) is 1.05. The van der Waals surface area contributed by atoms with Crippen molar-refractivity contribution in [2.75, 3.05) is 11.9 Å². The Kier molecular flexibility index (Phi) is 8.05. The highest BCUT2D eigenvalue weighted by molar-refractivity contribution is 9.10. The summed E-state index contributed by atoms with van der Waals surface area (Å²) < 4.78 is 6.46. The van der Waals surface area contributed by atoms with Crippen LogP contribution >= 0.6 is 15.9 Å². The fourth-order valence-corrected chi connectivity index (χ4v) is 3.15. The van der Waals surface area contributed by atoms with Crippen molar-refractivity contribution < 1.29 is 14.3 Å². The number of nitrogens with one attached hydrogen (secondary N) is 2. The van der Waals surface area contributed by atoms with Gasteiger partial charge in [0.25, 0.3) is 11.8 Å². The minimum Gasteiger partial charge on any atom is -0.483 e. The van der Waals surface area contributed by atoms with Crippen LogP contribution in [0.1, 0.15) is 56.0 Å². The van der Waals surface area contributed by atoms with Gasteiger partial charge in [0.1, 0.15) is 5.75 Å². The topological polar surface area (TPSA) is 67.4 Å². The standard InChI is InChI=1S/C22H27BrN2O3/c1-5-15(4)16-10-11-20(18(23)12-16)28-13-21(26)25-19-9-7-6-8-17(19)22(27)24-14(2)3/h6-12,14-15H,5,13H2,1-4H3,(H,24,27)(H,25,26). The van der Waals surface area contributed by atoms with Crippen LogP contribution in [0, 0.1) is 0 Å². The van der Waals surface area contributed by atoms with E-state index >= 15 is 0 Å². The van der Waals surface area contributed by atoms with Gasteiger partial charge in [-0.05, 0) is 71.9 Å². The summed E-state index contributed by atoms with van der Waals surface area (Å²) in [7, 11) is 0. The summed E-state index contributed by atoms with van der Waals surface area (Å²) in [4.78, 5) is 24.6. The van der Waals surface area contributed by atoms with E-state index in [4.69, 9.17) is 4.74 Å². The molecule has 6 heteroatoms. The van der Waals surface area contributed by atoms with E-state index in [-0.39, 0.29) is 24.5 Å². The Morgan fingerprint density at radius 2 is 1.82 bits per heavy atom. The average molecular weight is 447 g/mol. The van der Waals surface area contributed by atoms with Crippen molar-refractivity contribution in [2.45, 2.75) is 46.1 Å². The van der Waals surface area contributed by atoms with Crippen LogP contribution in [-0.4, -0.2) is 24.5 Å². The third-order valence-corrected chi connectivity index (χ3v) is 4.98. The van der Waals surface area contributed by atoms with Gasteiger partial charge in [0, 0.05) is 6.04 Å². The molecule has 0 aromatic heterocycles. The zero-order chi connectivity index (χ0) is 20.7. The van der Waals surface area contributed by atoms with E-state index < -0.39 is 0 Å². The molecule has 28 heavy (non-hydrogen) atoms. The van der Waals surface area contributed by atoms with Crippen molar-refractivity contribution in [1.82, 2.24) is 5.32 Å². The predicted molar refractivity (Wildman–Crippen MR) is 116 cm³/mol. The summed E-state index contributed by atoms with van der Waals surface area (Å²) >= 11 is 3.51. The van der Waals surface area contributed by atoms with E-state index in [0.29, 0.717) is 22.9 Å². The third kappa shape index (κ3) is 6.09. The Bertz CT molecular complexity index is 836. The Labute approximate surface area is 175 Å². The van der Waals surface area contributed by atoms with Gasteiger partial charge in [-0.1, -0.05) is 32.0 Å². The lowest BCUT2D eigenvalue weighted by atomic mass is 9.99. The molecule has 0 aliphatic rings. The largest absolute Gasteiger partial charge is 0.483 e. The Morgan fingerprint density at radius 3 is 2.46 bits per heavy atom. The number of carbonyl (C=O) groups is 2. The van der Waals surface area contributed by atoms with E-state index in [9.17, 15) is 9.59 Å². The van der Waals surface area contributed by atoms with Gasteiger partial charge in [-0.3, -0.25) is 9.59 Å². The zero-order valence-corrected chi connectivity index (χ0v) is 18.3. The first-order valence-electron chi connectivity index (χ1n) is 9.43. The van der Waals surface area contributed by atoms with E-state index in [1.807, 2.05) is 32.0 Å². The molecule has 2 amide bonds. The van der Waals surface area contributed by atoms with Gasteiger partial charge in [-0.25, -0.2) is 0 Å². The van der Waals surface area contributed by atoms with Crippen LogP contribution < -0.4 is 15.4 Å². The molecule has 1 unspecified atom stereocenters. The molecule has 0 spiro atoms. The maximum absolute atomic E-state index is 12.3. The molecule has 0 bridgehead atoms. The van der Waals surface area contributed by atoms with Crippen LogP contribution in [0.4, 0.5) is 5.69 Å². The number of benzene rings is 2. The second-order valence-corrected chi connectivity index (χ2v) is 7.86. The smallest absolute Gasteiger partial charge is 0.262 e. The maximum atomic E-state index is 12.3. The molecular weight excluding hydrogens is 420 g/mol. The molecule has 2 aromatic rings. The van der Waals surface area contributed by atoms with Crippen molar-refractivity contribution in [1.29, 1.82) is 0 Å². The summed E-state index contributed by atoms with van der Waals surface area (Å²) in [5.74, 6) is 0.507. The molecule has 0 saturated heterocycles. The monoisotopic (exact) mass is 446 g/mol. The first-order valence-corrected chi connectivity index (χ1v) is 10.2. The van der Waals surface area contributed by atoms with E-state index in [1.54, 1.807) is 24.3 Å². The van der Waals surface area contributed by atoms with Crippen LogP contribution in [0.5, 0.6) is 5.75 Å².